The lowest BCUT2D eigenvalue weighted by Crippen LogP contribution is -2.07. The molecule has 4 aromatic rings. The van der Waals surface area contributed by atoms with Gasteiger partial charge in [0.1, 0.15) is 0 Å². The highest BCUT2D eigenvalue weighted by Gasteiger charge is 2.13. The second-order valence-corrected chi connectivity index (χ2v) is 8.41. The van der Waals surface area contributed by atoms with Gasteiger partial charge >= 0.3 is 0 Å². The summed E-state index contributed by atoms with van der Waals surface area (Å²) in [5, 5.41) is 13.1. The van der Waals surface area contributed by atoms with Gasteiger partial charge in [0.15, 0.2) is 11.0 Å². The fourth-order valence-corrected chi connectivity index (χ4v) is 4.30. The molecule has 3 aromatic carbocycles. The van der Waals surface area contributed by atoms with Gasteiger partial charge in [-0.05, 0) is 35.4 Å². The van der Waals surface area contributed by atoms with Crippen LogP contribution in [0.5, 0.6) is 0 Å². The van der Waals surface area contributed by atoms with Gasteiger partial charge in [0.05, 0.1) is 0 Å². The molecule has 160 valence electrons. The van der Waals surface area contributed by atoms with Crippen LogP contribution in [0.2, 0.25) is 5.02 Å². The first kappa shape index (κ1) is 21.9. The van der Waals surface area contributed by atoms with Crippen LogP contribution in [-0.4, -0.2) is 20.7 Å². The van der Waals surface area contributed by atoms with E-state index in [9.17, 15) is 4.79 Å². The molecule has 0 unspecified atom stereocenters. The summed E-state index contributed by atoms with van der Waals surface area (Å²) in [5.41, 5.74) is 3.59. The van der Waals surface area contributed by atoms with E-state index in [0.29, 0.717) is 11.4 Å². The quantitative estimate of drug-likeness (QED) is 0.268. The van der Waals surface area contributed by atoms with Gasteiger partial charge in [0.25, 0.3) is 0 Å². The van der Waals surface area contributed by atoms with Crippen molar-refractivity contribution < 1.29 is 4.79 Å². The van der Waals surface area contributed by atoms with E-state index < -0.39 is 0 Å². The van der Waals surface area contributed by atoms with E-state index in [0.717, 1.165) is 32.7 Å². The van der Waals surface area contributed by atoms with Crippen LogP contribution < -0.4 is 5.32 Å². The van der Waals surface area contributed by atoms with E-state index in [1.807, 2.05) is 90.5 Å². The Hall–Kier alpha value is -3.35. The highest BCUT2D eigenvalue weighted by Crippen LogP contribution is 2.28. The lowest BCUT2D eigenvalue weighted by atomic mass is 10.2. The number of thioether (sulfide) groups is 1. The molecule has 1 heterocycles. The Kier molecular flexibility index (Phi) is 7.04. The molecule has 0 saturated heterocycles. The minimum Gasteiger partial charge on any atom is -0.322 e. The minimum absolute atomic E-state index is 0.194. The molecule has 0 fully saturated rings. The van der Waals surface area contributed by atoms with Crippen LogP contribution in [0.1, 0.15) is 11.1 Å². The van der Waals surface area contributed by atoms with Crippen LogP contribution in [0.4, 0.5) is 5.69 Å². The van der Waals surface area contributed by atoms with E-state index in [1.54, 1.807) is 17.8 Å². The van der Waals surface area contributed by atoms with Gasteiger partial charge in [-0.1, -0.05) is 84.0 Å². The van der Waals surface area contributed by atoms with Gasteiger partial charge in [-0.2, -0.15) is 0 Å². The van der Waals surface area contributed by atoms with E-state index >= 15 is 0 Å². The number of aromatic nitrogens is 3. The van der Waals surface area contributed by atoms with Crippen LogP contribution in [0.15, 0.2) is 90.1 Å². The van der Waals surface area contributed by atoms with Crippen LogP contribution in [-0.2, 0) is 17.6 Å². The first-order valence-electron chi connectivity index (χ1n) is 10.0. The summed E-state index contributed by atoms with van der Waals surface area (Å²) in [5.74, 6) is 1.23. The maximum absolute atomic E-state index is 12.3. The number of hydrogen-bond acceptors (Lipinski definition) is 4. The van der Waals surface area contributed by atoms with E-state index in [1.165, 1.54) is 6.08 Å². The largest absolute Gasteiger partial charge is 0.322 e. The smallest absolute Gasteiger partial charge is 0.248 e. The number of hydrogen-bond donors (Lipinski definition) is 1. The predicted octanol–water partition coefficient (Wildman–Crippen LogP) is 6.08. The number of benzene rings is 3. The molecule has 1 amide bonds. The van der Waals surface area contributed by atoms with Crippen LogP contribution in [0, 0.1) is 0 Å². The van der Waals surface area contributed by atoms with Crippen molar-refractivity contribution in [2.45, 2.75) is 10.9 Å². The number of halogens is 1. The van der Waals surface area contributed by atoms with Gasteiger partial charge in [-0.25, -0.2) is 0 Å². The van der Waals surface area contributed by atoms with Crippen molar-refractivity contribution in [3.63, 3.8) is 0 Å². The zero-order chi connectivity index (χ0) is 22.3. The highest BCUT2D eigenvalue weighted by molar-refractivity contribution is 7.98. The van der Waals surface area contributed by atoms with E-state index in [4.69, 9.17) is 11.6 Å². The fraction of sp³-hybridized carbons (Fsp3) is 0.0800. The van der Waals surface area contributed by atoms with Crippen molar-refractivity contribution in [1.29, 1.82) is 0 Å². The number of carbonyl (C=O) groups excluding carboxylic acids is 1. The predicted molar refractivity (Wildman–Crippen MR) is 132 cm³/mol. The third kappa shape index (κ3) is 5.46. The molecule has 0 saturated carbocycles. The molecular weight excluding hydrogens is 440 g/mol. The molecule has 1 N–H and O–H groups in total. The third-order valence-corrected chi connectivity index (χ3v) is 6.20. The number of anilines is 1. The zero-order valence-corrected chi connectivity index (χ0v) is 19.0. The van der Waals surface area contributed by atoms with Crippen molar-refractivity contribution in [1.82, 2.24) is 14.8 Å². The summed E-state index contributed by atoms with van der Waals surface area (Å²) in [4.78, 5) is 12.3. The Labute approximate surface area is 196 Å². The molecule has 1 aromatic heterocycles. The Morgan fingerprint density at radius 3 is 2.62 bits per heavy atom. The van der Waals surface area contributed by atoms with Gasteiger partial charge in [0.2, 0.25) is 5.91 Å². The summed E-state index contributed by atoms with van der Waals surface area (Å²) < 4.78 is 1.94. The zero-order valence-electron chi connectivity index (χ0n) is 17.4. The minimum atomic E-state index is -0.194. The number of nitrogens with zero attached hydrogens (tertiary/aromatic N) is 3. The normalized spacial score (nSPS) is 11.1. The molecule has 0 radical (unpaired) electrons. The maximum atomic E-state index is 12.3. The van der Waals surface area contributed by atoms with E-state index in [-0.39, 0.29) is 5.91 Å². The molecule has 0 aliphatic carbocycles. The molecule has 0 atom stereocenters. The summed E-state index contributed by atoms with van der Waals surface area (Å²) in [6.07, 6.45) is 3.30. The average molecular weight is 461 g/mol. The van der Waals surface area contributed by atoms with Crippen molar-refractivity contribution in [2.24, 2.45) is 7.05 Å². The second kappa shape index (κ2) is 10.3. The van der Waals surface area contributed by atoms with Gasteiger partial charge in [-0.15, -0.1) is 10.2 Å². The molecular formula is C25H21ClN4OS. The third-order valence-electron chi connectivity index (χ3n) is 4.76. The van der Waals surface area contributed by atoms with Gasteiger partial charge in [-0.3, -0.25) is 4.79 Å². The van der Waals surface area contributed by atoms with E-state index in [2.05, 4.69) is 15.5 Å². The lowest BCUT2D eigenvalue weighted by Gasteiger charge is -2.07. The van der Waals surface area contributed by atoms with Crippen molar-refractivity contribution >= 4 is 41.0 Å². The molecule has 7 heteroatoms. The first-order chi connectivity index (χ1) is 15.6. The number of nitrogens with one attached hydrogen (secondary N) is 1. The lowest BCUT2D eigenvalue weighted by molar-refractivity contribution is -0.111. The number of rotatable bonds is 7. The molecule has 0 spiro atoms. The van der Waals surface area contributed by atoms with Crippen LogP contribution in [0.25, 0.3) is 17.5 Å². The Balaban J connectivity index is 1.44. The second-order valence-electron chi connectivity index (χ2n) is 7.06. The molecule has 4 rings (SSSR count). The summed E-state index contributed by atoms with van der Waals surface area (Å²) in [6, 6.07) is 25.0. The number of amides is 1. The summed E-state index contributed by atoms with van der Waals surface area (Å²) >= 11 is 7.83. The SMILES string of the molecule is Cn1c(SCc2ccccc2Cl)nnc1-c1cccc(NC(=O)/C=C/c2ccccc2)c1. The van der Waals surface area contributed by atoms with Crippen molar-refractivity contribution in [2.75, 3.05) is 5.32 Å². The van der Waals surface area contributed by atoms with Crippen molar-refractivity contribution in [3.05, 3.63) is 101 Å². The monoisotopic (exact) mass is 460 g/mol. The average Bonchev–Trinajstić information content (AvgIpc) is 3.18. The molecule has 0 aliphatic heterocycles. The van der Waals surface area contributed by atoms with Crippen LogP contribution >= 0.6 is 23.4 Å². The van der Waals surface area contributed by atoms with Gasteiger partial charge < -0.3 is 9.88 Å². The maximum Gasteiger partial charge on any atom is 0.248 e. The Morgan fingerprint density at radius 2 is 1.81 bits per heavy atom. The number of carbonyl (C=O) groups is 1. The highest BCUT2D eigenvalue weighted by atomic mass is 35.5. The van der Waals surface area contributed by atoms with Crippen molar-refractivity contribution in [3.8, 4) is 11.4 Å². The Morgan fingerprint density at radius 1 is 1.03 bits per heavy atom. The summed E-state index contributed by atoms with van der Waals surface area (Å²) in [6.45, 7) is 0. The standard InChI is InChI=1S/C25H21ClN4OS/c1-30-24(28-29-25(30)32-17-20-10-5-6-13-22(20)26)19-11-7-12-21(16-19)27-23(31)15-14-18-8-3-2-4-9-18/h2-16H,17H2,1H3,(H,27,31)/b15-14+. The molecule has 0 bridgehead atoms. The molecule has 5 nitrogen and oxygen atoms in total. The Bertz CT molecular complexity index is 1250. The molecule has 32 heavy (non-hydrogen) atoms. The fourth-order valence-electron chi connectivity index (χ4n) is 3.11. The van der Waals surface area contributed by atoms with Gasteiger partial charge in [0, 0.05) is 35.2 Å². The van der Waals surface area contributed by atoms with Crippen LogP contribution in [0.3, 0.4) is 0 Å². The molecule has 0 aliphatic rings. The summed E-state index contributed by atoms with van der Waals surface area (Å²) in [7, 11) is 1.93. The first-order valence-corrected chi connectivity index (χ1v) is 11.4. The topological polar surface area (TPSA) is 59.8 Å².